The van der Waals surface area contributed by atoms with Crippen LogP contribution in [0.4, 0.5) is 4.39 Å². The molecule has 1 amide bonds. The van der Waals surface area contributed by atoms with Crippen LogP contribution < -0.4 is 5.32 Å². The van der Waals surface area contributed by atoms with Gasteiger partial charge in [-0.3, -0.25) is 4.79 Å². The Hall–Kier alpha value is -1.83. The van der Waals surface area contributed by atoms with E-state index in [4.69, 9.17) is 4.84 Å². The third-order valence-corrected chi connectivity index (χ3v) is 6.39. The van der Waals surface area contributed by atoms with Crippen LogP contribution in [0, 0.1) is 18.7 Å². The van der Waals surface area contributed by atoms with E-state index in [1.807, 2.05) is 18.9 Å². The van der Waals surface area contributed by atoms with Crippen molar-refractivity contribution in [3.05, 3.63) is 40.7 Å². The summed E-state index contributed by atoms with van der Waals surface area (Å²) in [6, 6.07) is 6.49. The number of rotatable bonds is 6. The van der Waals surface area contributed by atoms with E-state index < -0.39 is 0 Å². The van der Waals surface area contributed by atoms with Crippen molar-refractivity contribution in [3.63, 3.8) is 0 Å². The number of benzene rings is 1. The number of thiazole rings is 1. The van der Waals surface area contributed by atoms with E-state index in [1.165, 1.54) is 17.4 Å². The molecule has 0 radical (unpaired) electrons. The maximum absolute atomic E-state index is 14.0. The third kappa shape index (κ3) is 4.91. The van der Waals surface area contributed by atoms with Crippen molar-refractivity contribution in [1.82, 2.24) is 15.4 Å². The van der Waals surface area contributed by atoms with E-state index in [1.54, 1.807) is 25.3 Å². The largest absolute Gasteiger partial charge is 0.349 e. The van der Waals surface area contributed by atoms with E-state index in [9.17, 15) is 9.18 Å². The number of aromatic nitrogens is 1. The van der Waals surface area contributed by atoms with Crippen molar-refractivity contribution in [1.29, 1.82) is 0 Å². The number of nitrogens with one attached hydrogen (secondary N) is 1. The number of hydrogen-bond acceptors (Lipinski definition) is 5. The fourth-order valence-electron chi connectivity index (χ4n) is 3.48. The Bertz CT molecular complexity index is 787. The maximum atomic E-state index is 14.0. The van der Waals surface area contributed by atoms with Gasteiger partial charge in [0, 0.05) is 25.1 Å². The molecule has 1 fully saturated rings. The highest BCUT2D eigenvalue weighted by atomic mass is 32.1. The van der Waals surface area contributed by atoms with Gasteiger partial charge in [0.2, 0.25) is 5.91 Å². The molecule has 1 atom stereocenters. The molecule has 0 bridgehead atoms. The van der Waals surface area contributed by atoms with Crippen LogP contribution >= 0.6 is 11.3 Å². The van der Waals surface area contributed by atoms with Crippen molar-refractivity contribution in [2.75, 3.05) is 20.2 Å². The van der Waals surface area contributed by atoms with Gasteiger partial charge in [0.05, 0.1) is 23.7 Å². The highest BCUT2D eigenvalue weighted by molar-refractivity contribution is 7.15. The van der Waals surface area contributed by atoms with E-state index in [2.05, 4.69) is 10.3 Å². The number of carbonyl (C=O) groups excluding carboxylic acids is 1. The lowest BCUT2D eigenvalue weighted by atomic mass is 9.94. The van der Waals surface area contributed by atoms with E-state index >= 15 is 0 Å². The Balaban J connectivity index is 1.60. The predicted molar refractivity (Wildman–Crippen MR) is 105 cm³/mol. The molecule has 2 heterocycles. The van der Waals surface area contributed by atoms with Gasteiger partial charge in [-0.2, -0.15) is 5.06 Å². The summed E-state index contributed by atoms with van der Waals surface area (Å²) >= 11 is 1.44. The molecule has 1 aromatic carbocycles. The van der Waals surface area contributed by atoms with E-state index in [-0.39, 0.29) is 17.8 Å². The van der Waals surface area contributed by atoms with Crippen molar-refractivity contribution in [2.24, 2.45) is 5.92 Å². The average molecular weight is 392 g/mol. The first-order chi connectivity index (χ1) is 13.0. The zero-order valence-corrected chi connectivity index (χ0v) is 16.8. The SMILES string of the molecule is CON1CCC(CC(=O)NC(C)c2sc(-c3ccccc3F)nc2C)CC1. The van der Waals surface area contributed by atoms with E-state index in [0.717, 1.165) is 36.5 Å². The molecule has 1 aliphatic rings. The Morgan fingerprint density at radius 1 is 1.41 bits per heavy atom. The van der Waals surface area contributed by atoms with Crippen LogP contribution in [-0.2, 0) is 9.63 Å². The second kappa shape index (κ2) is 8.91. The van der Waals surface area contributed by atoms with Crippen LogP contribution in [0.3, 0.4) is 0 Å². The minimum Gasteiger partial charge on any atom is -0.349 e. The Kier molecular flexibility index (Phi) is 6.57. The molecule has 146 valence electrons. The molecule has 27 heavy (non-hydrogen) atoms. The first-order valence-electron chi connectivity index (χ1n) is 9.28. The van der Waals surface area contributed by atoms with Crippen LogP contribution in [0.2, 0.25) is 0 Å². The minimum absolute atomic E-state index is 0.0543. The van der Waals surface area contributed by atoms with Crippen molar-refractivity contribution in [3.8, 4) is 10.6 Å². The number of hydrogen-bond donors (Lipinski definition) is 1. The van der Waals surface area contributed by atoms with Crippen LogP contribution in [0.5, 0.6) is 0 Å². The smallest absolute Gasteiger partial charge is 0.220 e. The molecule has 5 nitrogen and oxygen atoms in total. The summed E-state index contributed by atoms with van der Waals surface area (Å²) in [5.74, 6) is 0.163. The van der Waals surface area contributed by atoms with Crippen LogP contribution in [0.15, 0.2) is 24.3 Å². The van der Waals surface area contributed by atoms with E-state index in [0.29, 0.717) is 22.9 Å². The maximum Gasteiger partial charge on any atom is 0.220 e. The Morgan fingerprint density at radius 3 is 2.78 bits per heavy atom. The number of nitrogens with zero attached hydrogens (tertiary/aromatic N) is 2. The summed E-state index contributed by atoms with van der Waals surface area (Å²) in [7, 11) is 1.68. The quantitative estimate of drug-likeness (QED) is 0.806. The summed E-state index contributed by atoms with van der Waals surface area (Å²) in [5.41, 5.74) is 1.33. The number of halogens is 1. The zero-order valence-electron chi connectivity index (χ0n) is 16.0. The van der Waals surface area contributed by atoms with Gasteiger partial charge in [-0.1, -0.05) is 12.1 Å². The predicted octanol–water partition coefficient (Wildman–Crippen LogP) is 4.10. The number of amides is 1. The molecule has 3 rings (SSSR count). The Morgan fingerprint density at radius 2 is 2.11 bits per heavy atom. The average Bonchev–Trinajstić information content (AvgIpc) is 3.04. The molecular weight excluding hydrogens is 365 g/mol. The molecule has 2 aromatic rings. The highest BCUT2D eigenvalue weighted by Gasteiger charge is 2.23. The van der Waals surface area contributed by atoms with Gasteiger partial charge in [0.15, 0.2) is 0 Å². The molecule has 1 aliphatic heterocycles. The normalized spacial score (nSPS) is 17.0. The van der Waals surface area contributed by atoms with Crippen molar-refractivity contribution < 1.29 is 14.0 Å². The molecule has 1 unspecified atom stereocenters. The number of aryl methyl sites for hydroxylation is 1. The molecule has 7 heteroatoms. The first-order valence-corrected chi connectivity index (χ1v) is 10.1. The lowest BCUT2D eigenvalue weighted by Gasteiger charge is -2.29. The zero-order chi connectivity index (χ0) is 19.4. The van der Waals surface area contributed by atoms with Gasteiger partial charge in [0.25, 0.3) is 0 Å². The Labute approximate surface area is 163 Å². The van der Waals surface area contributed by atoms with Crippen LogP contribution in [0.25, 0.3) is 10.6 Å². The van der Waals surface area contributed by atoms with Crippen molar-refractivity contribution >= 4 is 17.2 Å². The van der Waals surface area contributed by atoms with Crippen LogP contribution in [-0.4, -0.2) is 36.2 Å². The molecular formula is C20H26FN3O2S. The molecule has 0 aliphatic carbocycles. The summed E-state index contributed by atoms with van der Waals surface area (Å²) < 4.78 is 14.0. The van der Waals surface area contributed by atoms with Crippen LogP contribution in [0.1, 0.15) is 42.8 Å². The minimum atomic E-state index is -0.281. The second-order valence-corrected chi connectivity index (χ2v) is 8.03. The fraction of sp³-hybridized carbons (Fsp3) is 0.500. The lowest BCUT2D eigenvalue weighted by molar-refractivity contribution is -0.150. The number of hydroxylamine groups is 2. The molecule has 0 saturated carbocycles. The summed E-state index contributed by atoms with van der Waals surface area (Å²) in [5, 5.41) is 5.66. The van der Waals surface area contributed by atoms with Gasteiger partial charge in [-0.15, -0.1) is 11.3 Å². The van der Waals surface area contributed by atoms with Gasteiger partial charge in [-0.05, 0) is 44.7 Å². The van der Waals surface area contributed by atoms with Crippen molar-refractivity contribution in [2.45, 2.75) is 39.2 Å². The monoisotopic (exact) mass is 391 g/mol. The topological polar surface area (TPSA) is 54.5 Å². The summed E-state index contributed by atoms with van der Waals surface area (Å²) in [6.45, 7) is 5.59. The molecule has 1 saturated heterocycles. The second-order valence-electron chi connectivity index (χ2n) is 7.00. The van der Waals surface area contributed by atoms with Gasteiger partial charge in [0.1, 0.15) is 10.8 Å². The first kappa shape index (κ1) is 19.9. The molecule has 1 N–H and O–H groups in total. The standard InChI is InChI=1S/C20H26FN3O2S/c1-13(22-18(25)12-15-8-10-24(26-3)11-9-15)19-14(2)23-20(27-19)16-6-4-5-7-17(16)21/h4-7,13,15H,8-12H2,1-3H3,(H,22,25). The molecule has 1 aromatic heterocycles. The number of piperidine rings is 1. The summed E-state index contributed by atoms with van der Waals surface area (Å²) in [6.07, 6.45) is 2.46. The summed E-state index contributed by atoms with van der Waals surface area (Å²) in [4.78, 5) is 23.2. The molecule has 0 spiro atoms. The number of carbonyl (C=O) groups is 1. The third-order valence-electron chi connectivity index (χ3n) is 5.01. The fourth-order valence-corrected chi connectivity index (χ4v) is 4.58. The van der Waals surface area contributed by atoms with Gasteiger partial charge < -0.3 is 10.2 Å². The lowest BCUT2D eigenvalue weighted by Crippen LogP contribution is -2.35. The van der Waals surface area contributed by atoms with Gasteiger partial charge in [-0.25, -0.2) is 9.37 Å². The highest BCUT2D eigenvalue weighted by Crippen LogP contribution is 2.33. The van der Waals surface area contributed by atoms with Gasteiger partial charge >= 0.3 is 0 Å².